The first-order chi connectivity index (χ1) is 12.4. The normalized spacial score (nSPS) is 12.4. The van der Waals surface area contributed by atoms with E-state index in [-0.39, 0.29) is 12.5 Å². The van der Waals surface area contributed by atoms with Gasteiger partial charge in [-0.15, -0.1) is 0 Å². The molecule has 7 heteroatoms. The van der Waals surface area contributed by atoms with Gasteiger partial charge in [0.1, 0.15) is 11.6 Å². The molecule has 0 saturated heterocycles. The van der Waals surface area contributed by atoms with Gasteiger partial charge in [-0.25, -0.2) is 4.39 Å². The molecule has 0 aromatic heterocycles. The lowest BCUT2D eigenvalue weighted by molar-refractivity contribution is -0.138. The van der Waals surface area contributed by atoms with Crippen LogP contribution in [0.1, 0.15) is 17.5 Å². The number of esters is 1. The summed E-state index contributed by atoms with van der Waals surface area (Å²) >= 11 is 12.3. The van der Waals surface area contributed by atoms with Gasteiger partial charge in [-0.1, -0.05) is 35.3 Å². The minimum atomic E-state index is -0.439. The highest BCUT2D eigenvalue weighted by atomic mass is 35.5. The molecule has 0 spiro atoms. The van der Waals surface area contributed by atoms with Crippen molar-refractivity contribution in [2.24, 2.45) is 5.73 Å². The van der Waals surface area contributed by atoms with Crippen LogP contribution in [0.5, 0.6) is 5.75 Å². The van der Waals surface area contributed by atoms with Crippen molar-refractivity contribution in [2.75, 3.05) is 20.3 Å². The van der Waals surface area contributed by atoms with Gasteiger partial charge in [0.25, 0.3) is 0 Å². The monoisotopic (exact) mass is 399 g/mol. The molecule has 0 radical (unpaired) electrons. The maximum Gasteiger partial charge on any atom is 0.319 e. The van der Waals surface area contributed by atoms with E-state index in [4.69, 9.17) is 33.7 Å². The Morgan fingerprint density at radius 3 is 2.50 bits per heavy atom. The molecule has 0 unspecified atom stereocenters. The van der Waals surface area contributed by atoms with Crippen molar-refractivity contribution in [1.82, 2.24) is 0 Å². The zero-order valence-electron chi connectivity index (χ0n) is 14.6. The zero-order chi connectivity index (χ0) is 19.3. The molecule has 0 amide bonds. The van der Waals surface area contributed by atoms with Gasteiger partial charge in [0.05, 0.1) is 30.3 Å². The number of carbonyl (C=O) groups is 1. The fraction of sp³-hybridized carbons (Fsp3) is 0.316. The third kappa shape index (κ3) is 4.67. The third-order valence-electron chi connectivity index (χ3n) is 3.98. The van der Waals surface area contributed by atoms with Gasteiger partial charge in [0, 0.05) is 11.1 Å². The Hall–Kier alpha value is -1.82. The van der Waals surface area contributed by atoms with Crippen molar-refractivity contribution in [3.05, 3.63) is 51.3 Å². The van der Waals surface area contributed by atoms with Crippen LogP contribution in [-0.4, -0.2) is 26.2 Å². The van der Waals surface area contributed by atoms with Crippen LogP contribution in [-0.2, 0) is 16.0 Å². The average molecular weight is 400 g/mol. The van der Waals surface area contributed by atoms with E-state index in [2.05, 4.69) is 11.7 Å². The Morgan fingerprint density at radius 2 is 1.96 bits per heavy atom. The van der Waals surface area contributed by atoms with Crippen molar-refractivity contribution in [1.29, 1.82) is 0 Å². The smallest absolute Gasteiger partial charge is 0.319 e. The predicted octanol–water partition coefficient (Wildman–Crippen LogP) is 4.55. The molecular weight excluding hydrogens is 380 g/mol. The summed E-state index contributed by atoms with van der Waals surface area (Å²) in [4.78, 5) is 9.83. The van der Waals surface area contributed by atoms with Crippen LogP contribution in [0.4, 0.5) is 4.39 Å². The lowest BCUT2D eigenvalue weighted by atomic mass is 9.94. The van der Waals surface area contributed by atoms with E-state index in [0.717, 1.165) is 24.2 Å². The number of fused-ring (bicyclic) bond motifs is 1. The highest BCUT2D eigenvalue weighted by Gasteiger charge is 2.21. The number of nitrogens with two attached hydrogens (primary N) is 1. The fourth-order valence-electron chi connectivity index (χ4n) is 2.70. The summed E-state index contributed by atoms with van der Waals surface area (Å²) < 4.78 is 23.3. The first kappa shape index (κ1) is 20.5. The van der Waals surface area contributed by atoms with Crippen LogP contribution in [0.3, 0.4) is 0 Å². The molecule has 0 atom stereocenters. The summed E-state index contributed by atoms with van der Waals surface area (Å²) in [5, 5.41) is 0.602. The Labute approximate surface area is 162 Å². The molecule has 26 heavy (non-hydrogen) atoms. The molecule has 0 saturated carbocycles. The van der Waals surface area contributed by atoms with Crippen molar-refractivity contribution in [3.8, 4) is 16.9 Å². The van der Waals surface area contributed by atoms with Crippen LogP contribution < -0.4 is 10.5 Å². The number of carbonyl (C=O) groups excluding carboxylic acids is 1. The molecular formula is C19H20Cl2FNO3. The van der Waals surface area contributed by atoms with E-state index in [0.29, 0.717) is 22.2 Å². The first-order valence-corrected chi connectivity index (χ1v) is 8.81. The molecule has 0 bridgehead atoms. The van der Waals surface area contributed by atoms with E-state index in [9.17, 15) is 9.18 Å². The van der Waals surface area contributed by atoms with Crippen LogP contribution in [0.25, 0.3) is 11.1 Å². The molecule has 0 fully saturated rings. The molecule has 0 aliphatic carbocycles. The molecule has 1 aliphatic rings. The van der Waals surface area contributed by atoms with E-state index in [1.807, 2.05) is 12.1 Å². The minimum Gasteiger partial charge on any atom is -0.493 e. The maximum atomic E-state index is 13.3. The predicted molar refractivity (Wildman–Crippen MR) is 101 cm³/mol. The number of hydrogen-bond acceptors (Lipinski definition) is 4. The van der Waals surface area contributed by atoms with Gasteiger partial charge < -0.3 is 15.2 Å². The van der Waals surface area contributed by atoms with Crippen molar-refractivity contribution < 1.29 is 18.7 Å². The lowest BCUT2D eigenvalue weighted by Crippen LogP contribution is -2.14. The number of halogens is 3. The van der Waals surface area contributed by atoms with E-state index < -0.39 is 5.82 Å². The molecule has 1 aliphatic heterocycles. The maximum absolute atomic E-state index is 13.3. The number of aryl methyl sites for hydroxylation is 1. The van der Waals surface area contributed by atoms with Gasteiger partial charge >= 0.3 is 5.97 Å². The van der Waals surface area contributed by atoms with Gasteiger partial charge in [0.2, 0.25) is 0 Å². The highest BCUT2D eigenvalue weighted by Crippen LogP contribution is 2.44. The Kier molecular flexibility index (Phi) is 7.26. The van der Waals surface area contributed by atoms with Crippen LogP contribution in [0, 0.1) is 12.7 Å². The van der Waals surface area contributed by atoms with Crippen LogP contribution >= 0.6 is 23.2 Å². The molecule has 2 aromatic carbocycles. The van der Waals surface area contributed by atoms with Crippen molar-refractivity contribution >= 4 is 29.2 Å². The second-order valence-electron chi connectivity index (χ2n) is 5.71. The SMILES string of the molecule is COC(=O)CN.Cc1ccc(-c2c(Cl)cc(F)cc2Cl)c2c1CCCO2. The summed E-state index contributed by atoms with van der Waals surface area (Å²) in [6.45, 7) is 2.71. The molecule has 2 aromatic rings. The van der Waals surface area contributed by atoms with Crippen molar-refractivity contribution in [3.63, 3.8) is 0 Å². The Morgan fingerprint density at radius 1 is 1.31 bits per heavy atom. The Balaban J connectivity index is 0.000000352. The molecule has 4 nitrogen and oxygen atoms in total. The van der Waals surface area contributed by atoms with E-state index >= 15 is 0 Å². The Bertz CT molecular complexity index is 783. The highest BCUT2D eigenvalue weighted by molar-refractivity contribution is 6.39. The number of hydrogen-bond donors (Lipinski definition) is 1. The summed E-state index contributed by atoms with van der Waals surface area (Å²) in [7, 11) is 1.30. The van der Waals surface area contributed by atoms with Crippen molar-refractivity contribution in [2.45, 2.75) is 19.8 Å². The summed E-state index contributed by atoms with van der Waals surface area (Å²) in [6, 6.07) is 6.51. The number of rotatable bonds is 2. The zero-order valence-corrected chi connectivity index (χ0v) is 16.1. The first-order valence-electron chi connectivity index (χ1n) is 8.06. The largest absolute Gasteiger partial charge is 0.493 e. The topological polar surface area (TPSA) is 61.5 Å². The summed E-state index contributed by atoms with van der Waals surface area (Å²) in [6.07, 6.45) is 1.98. The van der Waals surface area contributed by atoms with E-state index in [1.54, 1.807) is 0 Å². The van der Waals surface area contributed by atoms with Gasteiger partial charge in [-0.05, 0) is 43.0 Å². The summed E-state index contributed by atoms with van der Waals surface area (Å²) in [5.74, 6) is 0.00676. The number of benzene rings is 2. The van der Waals surface area contributed by atoms with Gasteiger partial charge in [-0.2, -0.15) is 0 Å². The standard InChI is InChI=1S/C16H13Cl2FO.C3H7NO2/c1-9-4-5-12(16-11(9)3-2-6-20-16)15-13(17)7-10(19)8-14(15)18;1-6-3(5)2-4/h4-5,7-8H,2-3,6H2,1H3;2,4H2,1H3. The van der Waals surface area contributed by atoms with Gasteiger partial charge in [-0.3, -0.25) is 4.79 Å². The third-order valence-corrected chi connectivity index (χ3v) is 4.58. The van der Waals surface area contributed by atoms with E-state index in [1.165, 1.54) is 30.4 Å². The van der Waals surface area contributed by atoms with Crippen LogP contribution in [0.15, 0.2) is 24.3 Å². The minimum absolute atomic E-state index is 0.0312. The number of ether oxygens (including phenoxy) is 2. The molecule has 140 valence electrons. The second-order valence-corrected chi connectivity index (χ2v) is 6.53. The average Bonchev–Trinajstić information content (AvgIpc) is 2.63. The molecule has 1 heterocycles. The van der Waals surface area contributed by atoms with Gasteiger partial charge in [0.15, 0.2) is 0 Å². The molecule has 3 rings (SSSR count). The van der Waals surface area contributed by atoms with Crippen LogP contribution in [0.2, 0.25) is 10.0 Å². The quantitative estimate of drug-likeness (QED) is 0.752. The fourth-order valence-corrected chi connectivity index (χ4v) is 3.37. The number of methoxy groups -OCH3 is 1. The second kappa shape index (κ2) is 9.21. The lowest BCUT2D eigenvalue weighted by Gasteiger charge is -2.23. The molecule has 2 N–H and O–H groups in total. The summed E-state index contributed by atoms with van der Waals surface area (Å²) in [5.41, 5.74) is 8.65.